The van der Waals surface area contributed by atoms with Crippen LogP contribution in [0.25, 0.3) is 0 Å². The number of esters is 1. The van der Waals surface area contributed by atoms with E-state index in [1.807, 2.05) is 30.3 Å². The molecule has 1 N–H and O–H groups in total. The molecule has 4 atom stereocenters. The Hall–Kier alpha value is -1.43. The van der Waals surface area contributed by atoms with Gasteiger partial charge in [0.2, 0.25) is 6.29 Å². The molecule has 5 nitrogen and oxygen atoms in total. The maximum Gasteiger partial charge on any atom is 0.340 e. The van der Waals surface area contributed by atoms with E-state index in [1.54, 1.807) is 0 Å². The smallest absolute Gasteiger partial charge is 0.340 e. The van der Waals surface area contributed by atoms with E-state index in [4.69, 9.17) is 14.2 Å². The maximum absolute atomic E-state index is 11.3. The standard InChI is InChI=1S/C13H14O5/c14-11-9-6-10(13(17-9)18-12(11)15)16-7-8-4-2-1-3-5-8/h1-5,9-11,13-14H,6-7H2/t9-,10-,11-,13-/m0/s1. The first-order valence-electron chi connectivity index (χ1n) is 5.93. The van der Waals surface area contributed by atoms with E-state index in [0.717, 1.165) is 5.56 Å². The first-order valence-corrected chi connectivity index (χ1v) is 5.93. The first-order chi connectivity index (χ1) is 8.74. The molecule has 2 fully saturated rings. The molecule has 1 aromatic carbocycles. The summed E-state index contributed by atoms with van der Waals surface area (Å²) in [4.78, 5) is 11.3. The summed E-state index contributed by atoms with van der Waals surface area (Å²) in [6.45, 7) is 0.436. The quantitative estimate of drug-likeness (QED) is 0.796. The van der Waals surface area contributed by atoms with Crippen LogP contribution in [0.2, 0.25) is 0 Å². The number of fused-ring (bicyclic) bond motifs is 2. The molecule has 0 radical (unpaired) electrons. The molecule has 0 aromatic heterocycles. The van der Waals surface area contributed by atoms with Gasteiger partial charge in [0, 0.05) is 6.42 Å². The van der Waals surface area contributed by atoms with Gasteiger partial charge in [-0.1, -0.05) is 30.3 Å². The van der Waals surface area contributed by atoms with Crippen molar-refractivity contribution in [1.82, 2.24) is 0 Å². The van der Waals surface area contributed by atoms with Crippen LogP contribution in [-0.2, 0) is 25.6 Å². The van der Waals surface area contributed by atoms with Crippen molar-refractivity contribution in [3.63, 3.8) is 0 Å². The molecule has 0 spiro atoms. The second kappa shape index (κ2) is 4.68. The summed E-state index contributed by atoms with van der Waals surface area (Å²) in [6, 6.07) is 9.73. The summed E-state index contributed by atoms with van der Waals surface area (Å²) in [7, 11) is 0. The molecule has 1 aromatic rings. The van der Waals surface area contributed by atoms with E-state index in [-0.39, 0.29) is 6.10 Å². The molecule has 0 amide bonds. The van der Waals surface area contributed by atoms with Crippen LogP contribution in [0.15, 0.2) is 30.3 Å². The molecule has 2 bridgehead atoms. The van der Waals surface area contributed by atoms with Gasteiger partial charge in [0.1, 0.15) is 12.2 Å². The Labute approximate surface area is 104 Å². The van der Waals surface area contributed by atoms with Gasteiger partial charge in [-0.15, -0.1) is 0 Å². The summed E-state index contributed by atoms with van der Waals surface area (Å²) >= 11 is 0. The highest BCUT2D eigenvalue weighted by atomic mass is 16.7. The highest BCUT2D eigenvalue weighted by Crippen LogP contribution is 2.31. The number of benzene rings is 1. The van der Waals surface area contributed by atoms with Crippen LogP contribution >= 0.6 is 0 Å². The number of carbonyl (C=O) groups excluding carboxylic acids is 1. The Morgan fingerprint density at radius 1 is 1.33 bits per heavy atom. The normalized spacial score (nSPS) is 34.4. The number of aliphatic hydroxyl groups is 1. The molecule has 2 aliphatic heterocycles. The highest BCUT2D eigenvalue weighted by Gasteiger charge is 2.49. The van der Waals surface area contributed by atoms with Crippen molar-refractivity contribution in [2.45, 2.75) is 37.6 Å². The van der Waals surface area contributed by atoms with Crippen molar-refractivity contribution < 1.29 is 24.1 Å². The van der Waals surface area contributed by atoms with Crippen molar-refractivity contribution in [2.75, 3.05) is 0 Å². The van der Waals surface area contributed by atoms with E-state index >= 15 is 0 Å². The monoisotopic (exact) mass is 250 g/mol. The van der Waals surface area contributed by atoms with Gasteiger partial charge in [0.25, 0.3) is 0 Å². The molecular formula is C13H14O5. The van der Waals surface area contributed by atoms with Crippen molar-refractivity contribution in [2.24, 2.45) is 0 Å². The van der Waals surface area contributed by atoms with Gasteiger partial charge in [-0.25, -0.2) is 4.79 Å². The van der Waals surface area contributed by atoms with E-state index in [9.17, 15) is 9.90 Å². The number of rotatable bonds is 3. The first kappa shape index (κ1) is 11.6. The highest BCUT2D eigenvalue weighted by molar-refractivity contribution is 5.76. The Morgan fingerprint density at radius 2 is 2.11 bits per heavy atom. The molecule has 2 aliphatic rings. The number of hydrogen-bond acceptors (Lipinski definition) is 5. The Bertz CT molecular complexity index is 432. The molecule has 0 aliphatic carbocycles. The average Bonchev–Trinajstić information content (AvgIpc) is 2.74. The predicted molar refractivity (Wildman–Crippen MR) is 60.4 cm³/mol. The van der Waals surface area contributed by atoms with Crippen LogP contribution in [0.5, 0.6) is 0 Å². The number of carbonyl (C=O) groups is 1. The lowest BCUT2D eigenvalue weighted by atomic mass is 10.1. The van der Waals surface area contributed by atoms with Crippen molar-refractivity contribution >= 4 is 5.97 Å². The van der Waals surface area contributed by atoms with Crippen LogP contribution in [0, 0.1) is 0 Å². The van der Waals surface area contributed by atoms with Crippen molar-refractivity contribution in [3.05, 3.63) is 35.9 Å². The fraction of sp³-hybridized carbons (Fsp3) is 0.462. The van der Waals surface area contributed by atoms with Crippen molar-refractivity contribution in [1.29, 1.82) is 0 Å². The summed E-state index contributed by atoms with van der Waals surface area (Å²) in [6.07, 6.45) is -2.21. The van der Waals surface area contributed by atoms with Gasteiger partial charge >= 0.3 is 5.97 Å². The largest absolute Gasteiger partial charge is 0.431 e. The summed E-state index contributed by atoms with van der Waals surface area (Å²) in [5.74, 6) is -0.623. The Balaban J connectivity index is 1.60. The Morgan fingerprint density at radius 3 is 2.89 bits per heavy atom. The maximum atomic E-state index is 11.3. The van der Waals surface area contributed by atoms with Gasteiger partial charge in [-0.2, -0.15) is 0 Å². The third-order valence-electron chi connectivity index (χ3n) is 3.21. The summed E-state index contributed by atoms with van der Waals surface area (Å²) < 4.78 is 16.0. The van der Waals surface area contributed by atoms with Crippen LogP contribution in [0.3, 0.4) is 0 Å². The van der Waals surface area contributed by atoms with Crippen LogP contribution < -0.4 is 0 Å². The zero-order valence-corrected chi connectivity index (χ0v) is 9.69. The number of aliphatic hydroxyl groups excluding tert-OH is 1. The van der Waals surface area contributed by atoms with E-state index in [0.29, 0.717) is 13.0 Å². The minimum absolute atomic E-state index is 0.309. The minimum Gasteiger partial charge on any atom is -0.431 e. The van der Waals surface area contributed by atoms with Gasteiger partial charge in [0.15, 0.2) is 6.10 Å². The average molecular weight is 250 g/mol. The number of hydrogen-bond donors (Lipinski definition) is 1. The second-order valence-corrected chi connectivity index (χ2v) is 4.50. The predicted octanol–water partition coefficient (Wildman–Crippen LogP) is 0.605. The van der Waals surface area contributed by atoms with Gasteiger partial charge in [-0.05, 0) is 5.56 Å². The second-order valence-electron chi connectivity index (χ2n) is 4.50. The summed E-state index contributed by atoms with van der Waals surface area (Å²) in [5.41, 5.74) is 1.05. The molecule has 5 heteroatoms. The SMILES string of the molecule is O=C1O[C@@H]2O[C@@H](C[C@@H]2OCc2ccccc2)[C@@H]1O. The lowest BCUT2D eigenvalue weighted by Crippen LogP contribution is -2.42. The van der Waals surface area contributed by atoms with Crippen LogP contribution in [0.1, 0.15) is 12.0 Å². The lowest BCUT2D eigenvalue weighted by molar-refractivity contribution is -0.232. The number of ether oxygens (including phenoxy) is 3. The van der Waals surface area contributed by atoms with Gasteiger partial charge in [-0.3, -0.25) is 0 Å². The third kappa shape index (κ3) is 2.12. The molecular weight excluding hydrogens is 236 g/mol. The Kier molecular flexibility index (Phi) is 3.03. The van der Waals surface area contributed by atoms with E-state index in [2.05, 4.69) is 0 Å². The molecule has 96 valence electrons. The molecule has 2 heterocycles. The molecule has 0 saturated carbocycles. The van der Waals surface area contributed by atoms with Gasteiger partial charge in [0.05, 0.1) is 6.61 Å². The molecule has 3 rings (SSSR count). The third-order valence-corrected chi connectivity index (χ3v) is 3.21. The summed E-state index contributed by atoms with van der Waals surface area (Å²) in [5, 5.41) is 9.51. The molecule has 18 heavy (non-hydrogen) atoms. The molecule has 0 unspecified atom stereocenters. The lowest BCUT2D eigenvalue weighted by Gasteiger charge is -2.25. The van der Waals surface area contributed by atoms with Crippen molar-refractivity contribution in [3.8, 4) is 0 Å². The minimum atomic E-state index is -1.19. The van der Waals surface area contributed by atoms with Crippen LogP contribution in [-0.4, -0.2) is 35.7 Å². The van der Waals surface area contributed by atoms with E-state index < -0.39 is 24.5 Å². The molecule has 2 saturated heterocycles. The fourth-order valence-electron chi connectivity index (χ4n) is 2.22. The van der Waals surface area contributed by atoms with Crippen LogP contribution in [0.4, 0.5) is 0 Å². The topological polar surface area (TPSA) is 65.0 Å². The zero-order valence-electron chi connectivity index (χ0n) is 9.69. The zero-order chi connectivity index (χ0) is 12.5. The fourth-order valence-corrected chi connectivity index (χ4v) is 2.22. The van der Waals surface area contributed by atoms with E-state index in [1.165, 1.54) is 0 Å². The van der Waals surface area contributed by atoms with Gasteiger partial charge < -0.3 is 19.3 Å².